The minimum Gasteiger partial charge on any atom is -0.396 e. The van der Waals surface area contributed by atoms with Crippen LogP contribution in [0.5, 0.6) is 0 Å². The zero-order valence-corrected chi connectivity index (χ0v) is 13.3. The maximum Gasteiger partial charge on any atom is 0.0434 e. The smallest absolute Gasteiger partial charge is 0.0434 e. The lowest BCUT2D eigenvalue weighted by Gasteiger charge is -2.25. The number of hydrogen-bond donors (Lipinski definition) is 2. The molecule has 1 aromatic carbocycles. The van der Waals surface area contributed by atoms with Crippen LogP contribution in [-0.4, -0.2) is 31.9 Å². The van der Waals surface area contributed by atoms with Crippen LogP contribution < -0.4 is 10.2 Å². The van der Waals surface area contributed by atoms with Gasteiger partial charge in [0, 0.05) is 35.9 Å². The third kappa shape index (κ3) is 3.50. The second-order valence-corrected chi connectivity index (χ2v) is 6.24. The van der Waals surface area contributed by atoms with Crippen LogP contribution >= 0.6 is 15.9 Å². The molecule has 1 aliphatic rings. The molecule has 1 heterocycles. The lowest BCUT2D eigenvalue weighted by Crippen LogP contribution is -2.24. The Bertz CT molecular complexity index is 425. The van der Waals surface area contributed by atoms with Crippen molar-refractivity contribution in [3.05, 3.63) is 28.2 Å². The lowest BCUT2D eigenvalue weighted by atomic mass is 10.0. The Morgan fingerprint density at radius 2 is 2.32 bits per heavy atom. The number of aliphatic hydroxyl groups is 1. The molecule has 1 fully saturated rings. The van der Waals surface area contributed by atoms with E-state index in [1.54, 1.807) is 0 Å². The Morgan fingerprint density at radius 3 is 3.00 bits per heavy atom. The predicted molar refractivity (Wildman–Crippen MR) is 83.6 cm³/mol. The number of rotatable bonds is 5. The van der Waals surface area contributed by atoms with Crippen molar-refractivity contribution in [1.29, 1.82) is 0 Å². The first kappa shape index (κ1) is 14.8. The summed E-state index contributed by atoms with van der Waals surface area (Å²) in [5.74, 6) is 0.631. The summed E-state index contributed by atoms with van der Waals surface area (Å²) in [4.78, 5) is 2.45. The Kier molecular flexibility index (Phi) is 5.25. The van der Waals surface area contributed by atoms with Crippen LogP contribution in [0.4, 0.5) is 5.69 Å². The molecule has 3 nitrogen and oxygen atoms in total. The molecule has 0 bridgehead atoms. The van der Waals surface area contributed by atoms with E-state index in [0.29, 0.717) is 18.6 Å². The fourth-order valence-electron chi connectivity index (χ4n) is 2.79. The summed E-state index contributed by atoms with van der Waals surface area (Å²) >= 11 is 3.56. The third-order valence-corrected chi connectivity index (χ3v) is 4.55. The highest BCUT2D eigenvalue weighted by Crippen LogP contribution is 2.33. The molecule has 0 spiro atoms. The van der Waals surface area contributed by atoms with Gasteiger partial charge in [0.2, 0.25) is 0 Å². The maximum absolute atomic E-state index is 9.07. The zero-order chi connectivity index (χ0) is 13.8. The van der Waals surface area contributed by atoms with E-state index in [2.05, 4.69) is 51.3 Å². The molecule has 0 aromatic heterocycles. The summed E-state index contributed by atoms with van der Waals surface area (Å²) < 4.78 is 1.12. The lowest BCUT2D eigenvalue weighted by molar-refractivity contribution is 0.263. The number of aliphatic hydroxyl groups excluding tert-OH is 1. The minimum atomic E-state index is 0.304. The molecule has 0 aliphatic carbocycles. The van der Waals surface area contributed by atoms with Crippen LogP contribution in [-0.2, 0) is 0 Å². The van der Waals surface area contributed by atoms with E-state index >= 15 is 0 Å². The van der Waals surface area contributed by atoms with Gasteiger partial charge in [0.05, 0.1) is 0 Å². The number of anilines is 1. The Morgan fingerprint density at radius 1 is 1.53 bits per heavy atom. The van der Waals surface area contributed by atoms with E-state index in [-0.39, 0.29) is 0 Å². The molecule has 2 N–H and O–H groups in total. The monoisotopic (exact) mass is 326 g/mol. The summed E-state index contributed by atoms with van der Waals surface area (Å²) in [6, 6.07) is 6.86. The molecule has 1 aliphatic heterocycles. The Balaban J connectivity index is 2.20. The first-order valence-corrected chi connectivity index (χ1v) is 7.77. The first-order chi connectivity index (χ1) is 9.15. The molecular formula is C15H23BrN2O. The van der Waals surface area contributed by atoms with Crippen LogP contribution in [0.2, 0.25) is 0 Å². The van der Waals surface area contributed by atoms with Crippen LogP contribution in [0.1, 0.15) is 31.4 Å². The fourth-order valence-corrected chi connectivity index (χ4v) is 3.16. The van der Waals surface area contributed by atoms with E-state index in [4.69, 9.17) is 5.11 Å². The largest absolute Gasteiger partial charge is 0.396 e. The van der Waals surface area contributed by atoms with Crippen molar-refractivity contribution in [3.8, 4) is 0 Å². The van der Waals surface area contributed by atoms with Gasteiger partial charge in [-0.3, -0.25) is 0 Å². The summed E-state index contributed by atoms with van der Waals surface area (Å²) in [6.07, 6.45) is 2.11. The molecule has 0 amide bonds. The van der Waals surface area contributed by atoms with Gasteiger partial charge in [-0.15, -0.1) is 0 Å². The molecule has 0 saturated carbocycles. The van der Waals surface area contributed by atoms with Crippen molar-refractivity contribution in [2.24, 2.45) is 5.92 Å². The number of halogens is 1. The van der Waals surface area contributed by atoms with Gasteiger partial charge in [-0.1, -0.05) is 15.9 Å². The summed E-state index contributed by atoms with van der Waals surface area (Å²) in [5.41, 5.74) is 2.66. The highest BCUT2D eigenvalue weighted by Gasteiger charge is 2.24. The van der Waals surface area contributed by atoms with Gasteiger partial charge in [-0.05, 0) is 56.5 Å². The highest BCUT2D eigenvalue weighted by atomic mass is 79.9. The molecule has 1 aromatic rings. The second-order valence-electron chi connectivity index (χ2n) is 5.33. The molecule has 2 atom stereocenters. The van der Waals surface area contributed by atoms with E-state index in [1.807, 2.05) is 7.05 Å². The van der Waals surface area contributed by atoms with E-state index in [1.165, 1.54) is 17.7 Å². The quantitative estimate of drug-likeness (QED) is 0.873. The number of benzene rings is 1. The van der Waals surface area contributed by atoms with Crippen LogP contribution in [0.3, 0.4) is 0 Å². The molecule has 2 rings (SSSR count). The van der Waals surface area contributed by atoms with Gasteiger partial charge in [0.25, 0.3) is 0 Å². The van der Waals surface area contributed by atoms with Crippen LogP contribution in [0.15, 0.2) is 22.7 Å². The van der Waals surface area contributed by atoms with Crippen molar-refractivity contribution in [3.63, 3.8) is 0 Å². The van der Waals surface area contributed by atoms with Gasteiger partial charge in [-0.2, -0.15) is 0 Å². The predicted octanol–water partition coefficient (Wildman–Crippen LogP) is 2.94. The van der Waals surface area contributed by atoms with Crippen molar-refractivity contribution in [2.45, 2.75) is 25.8 Å². The van der Waals surface area contributed by atoms with Crippen molar-refractivity contribution < 1.29 is 5.11 Å². The van der Waals surface area contributed by atoms with Gasteiger partial charge < -0.3 is 15.3 Å². The maximum atomic E-state index is 9.07. The molecule has 106 valence electrons. The van der Waals surface area contributed by atoms with Gasteiger partial charge in [0.15, 0.2) is 0 Å². The normalized spacial score (nSPS) is 20.8. The average molecular weight is 327 g/mol. The molecule has 2 unspecified atom stereocenters. The van der Waals surface area contributed by atoms with E-state index in [9.17, 15) is 0 Å². The van der Waals surface area contributed by atoms with Gasteiger partial charge >= 0.3 is 0 Å². The minimum absolute atomic E-state index is 0.304. The SMILES string of the molecule is CNC(C)c1cc(Br)ccc1N1CCC(CCO)C1. The Labute approximate surface area is 124 Å². The number of nitrogens with zero attached hydrogens (tertiary/aromatic N) is 1. The third-order valence-electron chi connectivity index (χ3n) is 4.05. The zero-order valence-electron chi connectivity index (χ0n) is 11.7. The molecule has 4 heteroatoms. The number of hydrogen-bond acceptors (Lipinski definition) is 3. The number of nitrogens with one attached hydrogen (secondary N) is 1. The molecule has 1 saturated heterocycles. The first-order valence-electron chi connectivity index (χ1n) is 6.98. The fraction of sp³-hybridized carbons (Fsp3) is 0.600. The summed E-state index contributed by atoms with van der Waals surface area (Å²) in [6.45, 7) is 4.65. The van der Waals surface area contributed by atoms with Crippen molar-refractivity contribution in [2.75, 3.05) is 31.6 Å². The summed E-state index contributed by atoms with van der Waals surface area (Å²) in [5, 5.41) is 12.4. The molecule has 0 radical (unpaired) electrons. The van der Waals surface area contributed by atoms with Crippen molar-refractivity contribution in [1.82, 2.24) is 5.32 Å². The molecule has 19 heavy (non-hydrogen) atoms. The molecular weight excluding hydrogens is 304 g/mol. The van der Waals surface area contributed by atoms with E-state index < -0.39 is 0 Å². The average Bonchev–Trinajstić information content (AvgIpc) is 2.86. The van der Waals surface area contributed by atoms with Crippen LogP contribution in [0, 0.1) is 5.92 Å². The summed E-state index contributed by atoms with van der Waals surface area (Å²) in [7, 11) is 1.99. The topological polar surface area (TPSA) is 35.5 Å². The second kappa shape index (κ2) is 6.73. The standard InChI is InChI=1S/C15H23BrN2O/c1-11(17-2)14-9-13(16)3-4-15(14)18-7-5-12(10-18)6-8-19/h3-4,9,11-12,17,19H,5-8,10H2,1-2H3. The van der Waals surface area contributed by atoms with Gasteiger partial charge in [0.1, 0.15) is 0 Å². The Hall–Kier alpha value is -0.580. The van der Waals surface area contributed by atoms with Crippen molar-refractivity contribution >= 4 is 21.6 Å². The van der Waals surface area contributed by atoms with Gasteiger partial charge in [-0.25, -0.2) is 0 Å². The highest BCUT2D eigenvalue weighted by molar-refractivity contribution is 9.10. The van der Waals surface area contributed by atoms with Crippen LogP contribution in [0.25, 0.3) is 0 Å². The van der Waals surface area contributed by atoms with E-state index in [0.717, 1.165) is 24.0 Å².